The van der Waals surface area contributed by atoms with Crippen molar-refractivity contribution in [3.63, 3.8) is 0 Å². The molecule has 1 aliphatic heterocycles. The highest BCUT2D eigenvalue weighted by Gasteiger charge is 2.21. The van der Waals surface area contributed by atoms with E-state index < -0.39 is 0 Å². The van der Waals surface area contributed by atoms with E-state index in [9.17, 15) is 4.79 Å². The maximum absolute atomic E-state index is 12.1. The van der Waals surface area contributed by atoms with Gasteiger partial charge in [-0.2, -0.15) is 0 Å². The fourth-order valence-corrected chi connectivity index (χ4v) is 4.52. The highest BCUT2D eigenvalue weighted by Crippen LogP contribution is 2.22. The van der Waals surface area contributed by atoms with E-state index in [2.05, 4.69) is 34.0 Å². The Hall–Kier alpha value is -1.79. The first kappa shape index (κ1) is 19.0. The number of amides is 1. The second kappa shape index (κ2) is 9.24. The lowest BCUT2D eigenvalue weighted by Gasteiger charge is -2.34. The van der Waals surface area contributed by atoms with Gasteiger partial charge in [0, 0.05) is 31.2 Å². The summed E-state index contributed by atoms with van der Waals surface area (Å²) in [6.45, 7) is 8.83. The lowest BCUT2D eigenvalue weighted by atomic mass is 9.92. The van der Waals surface area contributed by atoms with Gasteiger partial charge < -0.3 is 10.2 Å². The van der Waals surface area contributed by atoms with Gasteiger partial charge in [-0.25, -0.2) is 4.98 Å². The van der Waals surface area contributed by atoms with Gasteiger partial charge in [-0.15, -0.1) is 11.3 Å². The highest BCUT2D eigenvalue weighted by atomic mass is 32.1. The number of carbonyl (C=O) groups excluding carboxylic acids is 1. The Labute approximate surface area is 159 Å². The number of hydrogen-bond donors (Lipinski definition) is 1. The summed E-state index contributed by atoms with van der Waals surface area (Å²) in [6.07, 6.45) is 4.43. The second-order valence-electron chi connectivity index (χ2n) is 7.44. The Bertz CT molecular complexity index is 693. The number of thiazole rings is 1. The van der Waals surface area contributed by atoms with Crippen LogP contribution in [0.15, 0.2) is 29.8 Å². The average Bonchev–Trinajstić information content (AvgIpc) is 3.07. The molecule has 1 aliphatic rings. The standard InChI is InChI=1S/C20H28N4OS/c1-15-10-16(2)13-24(12-15)9-5-8-22-19(25)11-17-14-26-20(23-17)18-6-3-4-7-21-18/h3-4,6-7,14-16H,5,8-13H2,1-2H3,(H,22,25). The van der Waals surface area contributed by atoms with Crippen LogP contribution in [-0.4, -0.2) is 47.0 Å². The summed E-state index contributed by atoms with van der Waals surface area (Å²) in [5.74, 6) is 1.61. The quantitative estimate of drug-likeness (QED) is 0.758. The molecule has 0 aromatic carbocycles. The summed E-state index contributed by atoms with van der Waals surface area (Å²) in [4.78, 5) is 23.5. The number of carbonyl (C=O) groups is 1. The Kier molecular flexibility index (Phi) is 6.74. The molecule has 2 aromatic rings. The van der Waals surface area contributed by atoms with E-state index in [1.807, 2.05) is 23.6 Å². The molecular weight excluding hydrogens is 344 g/mol. The van der Waals surface area contributed by atoms with Crippen molar-refractivity contribution in [2.24, 2.45) is 11.8 Å². The third kappa shape index (κ3) is 5.61. The van der Waals surface area contributed by atoms with Crippen LogP contribution in [0.5, 0.6) is 0 Å². The first-order valence-corrected chi connectivity index (χ1v) is 10.3. The van der Waals surface area contributed by atoms with Crippen LogP contribution in [-0.2, 0) is 11.2 Å². The Morgan fingerprint density at radius 2 is 2.12 bits per heavy atom. The zero-order valence-corrected chi connectivity index (χ0v) is 16.5. The Balaban J connectivity index is 1.37. The molecule has 1 saturated heterocycles. The van der Waals surface area contributed by atoms with Crippen molar-refractivity contribution in [3.8, 4) is 10.7 Å². The minimum Gasteiger partial charge on any atom is -0.356 e. The van der Waals surface area contributed by atoms with Gasteiger partial charge >= 0.3 is 0 Å². The van der Waals surface area contributed by atoms with Crippen molar-refractivity contribution in [1.82, 2.24) is 20.2 Å². The van der Waals surface area contributed by atoms with Crippen LogP contribution in [0, 0.1) is 11.8 Å². The average molecular weight is 373 g/mol. The van der Waals surface area contributed by atoms with Gasteiger partial charge in [-0.3, -0.25) is 9.78 Å². The number of aromatic nitrogens is 2. The molecule has 0 radical (unpaired) electrons. The summed E-state index contributed by atoms with van der Waals surface area (Å²) < 4.78 is 0. The first-order valence-electron chi connectivity index (χ1n) is 9.45. The molecule has 26 heavy (non-hydrogen) atoms. The molecular formula is C20H28N4OS. The number of rotatable bonds is 7. The third-order valence-corrected chi connectivity index (χ3v) is 5.61. The SMILES string of the molecule is CC1CC(C)CN(CCCNC(=O)Cc2csc(-c3ccccn3)n2)C1. The van der Waals surface area contributed by atoms with Crippen molar-refractivity contribution >= 4 is 17.2 Å². The maximum Gasteiger partial charge on any atom is 0.226 e. The van der Waals surface area contributed by atoms with Crippen LogP contribution in [0.1, 0.15) is 32.4 Å². The summed E-state index contributed by atoms with van der Waals surface area (Å²) in [5, 5.41) is 5.83. The van der Waals surface area contributed by atoms with E-state index in [0.717, 1.165) is 47.7 Å². The van der Waals surface area contributed by atoms with Crippen molar-refractivity contribution in [2.75, 3.05) is 26.2 Å². The molecule has 3 rings (SSSR count). The molecule has 2 unspecified atom stereocenters. The lowest BCUT2D eigenvalue weighted by Crippen LogP contribution is -2.40. The molecule has 1 fully saturated rings. The zero-order valence-electron chi connectivity index (χ0n) is 15.6. The van der Waals surface area contributed by atoms with Crippen LogP contribution in [0.25, 0.3) is 10.7 Å². The van der Waals surface area contributed by atoms with Crippen molar-refractivity contribution in [1.29, 1.82) is 0 Å². The van der Waals surface area contributed by atoms with Crippen LogP contribution in [0.4, 0.5) is 0 Å². The normalized spacial score (nSPS) is 20.8. The number of nitrogens with one attached hydrogen (secondary N) is 1. The van der Waals surface area contributed by atoms with Crippen LogP contribution >= 0.6 is 11.3 Å². The third-order valence-electron chi connectivity index (χ3n) is 4.70. The predicted molar refractivity (Wildman–Crippen MR) is 106 cm³/mol. The van der Waals surface area contributed by atoms with E-state index >= 15 is 0 Å². The van der Waals surface area contributed by atoms with E-state index in [1.54, 1.807) is 6.20 Å². The van der Waals surface area contributed by atoms with Crippen molar-refractivity contribution in [2.45, 2.75) is 33.1 Å². The van der Waals surface area contributed by atoms with E-state index in [4.69, 9.17) is 0 Å². The highest BCUT2D eigenvalue weighted by molar-refractivity contribution is 7.13. The lowest BCUT2D eigenvalue weighted by molar-refractivity contribution is -0.120. The van der Waals surface area contributed by atoms with E-state index in [0.29, 0.717) is 6.42 Å². The fraction of sp³-hybridized carbons (Fsp3) is 0.550. The summed E-state index contributed by atoms with van der Waals surface area (Å²) in [7, 11) is 0. The molecule has 0 aliphatic carbocycles. The van der Waals surface area contributed by atoms with E-state index in [-0.39, 0.29) is 5.91 Å². The van der Waals surface area contributed by atoms with Gasteiger partial charge in [0.05, 0.1) is 17.8 Å². The first-order chi connectivity index (χ1) is 12.6. The molecule has 0 bridgehead atoms. The maximum atomic E-state index is 12.1. The monoisotopic (exact) mass is 372 g/mol. The van der Waals surface area contributed by atoms with Gasteiger partial charge in [-0.1, -0.05) is 19.9 Å². The molecule has 140 valence electrons. The molecule has 3 heterocycles. The fourth-order valence-electron chi connectivity index (χ4n) is 3.73. The van der Waals surface area contributed by atoms with Crippen molar-refractivity contribution < 1.29 is 4.79 Å². The van der Waals surface area contributed by atoms with Crippen LogP contribution < -0.4 is 5.32 Å². The molecule has 2 atom stereocenters. The number of hydrogen-bond acceptors (Lipinski definition) is 5. The second-order valence-corrected chi connectivity index (χ2v) is 8.30. The molecule has 1 N–H and O–H groups in total. The van der Waals surface area contributed by atoms with Gasteiger partial charge in [0.15, 0.2) is 0 Å². The molecule has 2 aromatic heterocycles. The van der Waals surface area contributed by atoms with Crippen molar-refractivity contribution in [3.05, 3.63) is 35.5 Å². The summed E-state index contributed by atoms with van der Waals surface area (Å²) in [5.41, 5.74) is 1.67. The minimum atomic E-state index is 0.0447. The topological polar surface area (TPSA) is 58.1 Å². The van der Waals surface area contributed by atoms with Gasteiger partial charge in [-0.05, 0) is 43.4 Å². The number of nitrogens with zero attached hydrogens (tertiary/aromatic N) is 3. The molecule has 0 saturated carbocycles. The zero-order chi connectivity index (χ0) is 18.4. The Morgan fingerprint density at radius 1 is 1.31 bits per heavy atom. The summed E-state index contributed by atoms with van der Waals surface area (Å²) in [6, 6.07) is 5.77. The minimum absolute atomic E-state index is 0.0447. The van der Waals surface area contributed by atoms with Gasteiger partial charge in [0.25, 0.3) is 0 Å². The van der Waals surface area contributed by atoms with Gasteiger partial charge in [0.1, 0.15) is 5.01 Å². The molecule has 6 heteroatoms. The van der Waals surface area contributed by atoms with E-state index in [1.165, 1.54) is 30.8 Å². The Morgan fingerprint density at radius 3 is 2.85 bits per heavy atom. The largest absolute Gasteiger partial charge is 0.356 e. The van der Waals surface area contributed by atoms with Crippen LogP contribution in [0.3, 0.4) is 0 Å². The predicted octanol–water partition coefficient (Wildman–Crippen LogP) is 3.23. The van der Waals surface area contributed by atoms with Crippen LogP contribution in [0.2, 0.25) is 0 Å². The van der Waals surface area contributed by atoms with Gasteiger partial charge in [0.2, 0.25) is 5.91 Å². The molecule has 1 amide bonds. The number of pyridine rings is 1. The molecule has 0 spiro atoms. The summed E-state index contributed by atoms with van der Waals surface area (Å²) >= 11 is 1.53. The molecule has 5 nitrogen and oxygen atoms in total. The number of piperidine rings is 1. The smallest absolute Gasteiger partial charge is 0.226 e. The number of likely N-dealkylation sites (tertiary alicyclic amines) is 1.